The predicted octanol–water partition coefficient (Wildman–Crippen LogP) is 3.06. The van der Waals surface area contributed by atoms with Crippen molar-refractivity contribution in [1.82, 2.24) is 10.6 Å². The average Bonchev–Trinajstić information content (AvgIpc) is 2.38. The second-order valence-corrected chi connectivity index (χ2v) is 6.26. The lowest BCUT2D eigenvalue weighted by molar-refractivity contribution is -0.142. The lowest BCUT2D eigenvalue weighted by atomic mass is 9.86. The van der Waals surface area contributed by atoms with Gasteiger partial charge in [0.05, 0.1) is 5.92 Å². The summed E-state index contributed by atoms with van der Waals surface area (Å²) in [6, 6.07) is 0.0972. The molecule has 5 nitrogen and oxygen atoms in total. The van der Waals surface area contributed by atoms with Crippen LogP contribution in [0.25, 0.3) is 0 Å². The van der Waals surface area contributed by atoms with Gasteiger partial charge >= 0.3 is 12.0 Å². The molecule has 1 saturated carbocycles. The standard InChI is InChI=1S/C16H28N2O3/c1-11(2)5-4-6-12(3)17-16(21)18-14-9-7-13(8-10-14)15(19)20/h5,12-14H,4,6-10H2,1-3H3,(H,19,20)(H2,17,18,21). The average molecular weight is 296 g/mol. The van der Waals surface area contributed by atoms with Crippen LogP contribution in [0.2, 0.25) is 0 Å². The Labute approximate surface area is 127 Å². The number of hydrogen-bond acceptors (Lipinski definition) is 2. The van der Waals surface area contributed by atoms with Crippen LogP contribution in [-0.4, -0.2) is 29.2 Å². The summed E-state index contributed by atoms with van der Waals surface area (Å²) in [5.41, 5.74) is 1.29. The summed E-state index contributed by atoms with van der Waals surface area (Å²) in [7, 11) is 0. The molecule has 0 spiro atoms. The lowest BCUT2D eigenvalue weighted by Crippen LogP contribution is -2.46. The maximum Gasteiger partial charge on any atom is 0.315 e. The van der Waals surface area contributed by atoms with Gasteiger partial charge < -0.3 is 15.7 Å². The molecule has 2 amide bonds. The van der Waals surface area contributed by atoms with Crippen molar-refractivity contribution in [2.75, 3.05) is 0 Å². The Hall–Kier alpha value is -1.52. The van der Waals surface area contributed by atoms with E-state index in [0.29, 0.717) is 12.8 Å². The Morgan fingerprint density at radius 3 is 2.38 bits per heavy atom. The number of aliphatic carboxylic acids is 1. The molecule has 0 bridgehead atoms. The van der Waals surface area contributed by atoms with E-state index in [1.54, 1.807) is 0 Å². The van der Waals surface area contributed by atoms with Gasteiger partial charge in [-0.15, -0.1) is 0 Å². The van der Waals surface area contributed by atoms with Gasteiger partial charge in [0.1, 0.15) is 0 Å². The first kappa shape index (κ1) is 17.5. The van der Waals surface area contributed by atoms with E-state index in [1.165, 1.54) is 5.57 Å². The number of carbonyl (C=O) groups excluding carboxylic acids is 1. The summed E-state index contributed by atoms with van der Waals surface area (Å²) < 4.78 is 0. The zero-order valence-corrected chi connectivity index (χ0v) is 13.3. The van der Waals surface area contributed by atoms with Gasteiger partial charge in [0.25, 0.3) is 0 Å². The van der Waals surface area contributed by atoms with Crippen molar-refractivity contribution in [2.24, 2.45) is 5.92 Å². The van der Waals surface area contributed by atoms with Gasteiger partial charge in [-0.3, -0.25) is 4.79 Å². The summed E-state index contributed by atoms with van der Waals surface area (Å²) in [4.78, 5) is 22.8. The molecule has 0 aliphatic heterocycles. The van der Waals surface area contributed by atoms with E-state index in [0.717, 1.165) is 25.7 Å². The van der Waals surface area contributed by atoms with Crippen molar-refractivity contribution < 1.29 is 14.7 Å². The van der Waals surface area contributed by atoms with E-state index in [-0.39, 0.29) is 24.0 Å². The smallest absolute Gasteiger partial charge is 0.315 e. The number of amides is 2. The predicted molar refractivity (Wildman–Crippen MR) is 83.2 cm³/mol. The molecule has 0 aromatic carbocycles. The number of carbonyl (C=O) groups is 2. The van der Waals surface area contributed by atoms with Crippen molar-refractivity contribution in [3.63, 3.8) is 0 Å². The zero-order valence-electron chi connectivity index (χ0n) is 13.3. The molecule has 0 aromatic heterocycles. The fourth-order valence-electron chi connectivity index (χ4n) is 2.63. The van der Waals surface area contributed by atoms with Crippen LogP contribution in [0.1, 0.15) is 59.3 Å². The Morgan fingerprint density at radius 2 is 1.86 bits per heavy atom. The van der Waals surface area contributed by atoms with E-state index >= 15 is 0 Å². The van der Waals surface area contributed by atoms with Crippen LogP contribution >= 0.6 is 0 Å². The molecule has 1 unspecified atom stereocenters. The third kappa shape index (κ3) is 7.16. The van der Waals surface area contributed by atoms with Crippen LogP contribution < -0.4 is 10.6 Å². The molecule has 0 aromatic rings. The summed E-state index contributed by atoms with van der Waals surface area (Å²) >= 11 is 0. The summed E-state index contributed by atoms with van der Waals surface area (Å²) in [5, 5.41) is 14.8. The van der Waals surface area contributed by atoms with Crippen molar-refractivity contribution in [2.45, 2.75) is 71.4 Å². The topological polar surface area (TPSA) is 78.4 Å². The number of hydrogen-bond donors (Lipinski definition) is 3. The number of carboxylic acid groups (broad SMARTS) is 1. The summed E-state index contributed by atoms with van der Waals surface area (Å²) in [6.45, 7) is 6.14. The zero-order chi connectivity index (χ0) is 15.8. The monoisotopic (exact) mass is 296 g/mol. The Morgan fingerprint density at radius 1 is 1.24 bits per heavy atom. The molecule has 5 heteroatoms. The van der Waals surface area contributed by atoms with Crippen LogP contribution in [-0.2, 0) is 4.79 Å². The van der Waals surface area contributed by atoms with E-state index in [1.807, 2.05) is 6.92 Å². The number of urea groups is 1. The Balaban J connectivity index is 2.22. The fourth-order valence-corrected chi connectivity index (χ4v) is 2.63. The van der Waals surface area contributed by atoms with Gasteiger partial charge in [0, 0.05) is 12.1 Å². The molecular weight excluding hydrogens is 268 g/mol. The third-order valence-corrected chi connectivity index (χ3v) is 3.94. The quantitative estimate of drug-likeness (QED) is 0.659. The molecule has 0 radical (unpaired) electrons. The van der Waals surface area contributed by atoms with Gasteiger partial charge in [0.2, 0.25) is 0 Å². The first-order valence-corrected chi connectivity index (χ1v) is 7.81. The van der Waals surface area contributed by atoms with Crippen molar-refractivity contribution in [3.05, 3.63) is 11.6 Å². The van der Waals surface area contributed by atoms with Gasteiger partial charge in [-0.2, -0.15) is 0 Å². The van der Waals surface area contributed by atoms with Crippen LogP contribution in [0.4, 0.5) is 4.79 Å². The van der Waals surface area contributed by atoms with Gasteiger partial charge in [-0.1, -0.05) is 11.6 Å². The largest absolute Gasteiger partial charge is 0.481 e. The highest BCUT2D eigenvalue weighted by molar-refractivity contribution is 5.74. The van der Waals surface area contributed by atoms with E-state index in [2.05, 4.69) is 30.6 Å². The minimum atomic E-state index is -0.717. The highest BCUT2D eigenvalue weighted by Gasteiger charge is 2.26. The van der Waals surface area contributed by atoms with Gasteiger partial charge in [0.15, 0.2) is 0 Å². The number of nitrogens with one attached hydrogen (secondary N) is 2. The highest BCUT2D eigenvalue weighted by Crippen LogP contribution is 2.24. The van der Waals surface area contributed by atoms with E-state index < -0.39 is 5.97 Å². The Kier molecular flexibility index (Phi) is 7.26. The first-order chi connectivity index (χ1) is 9.88. The lowest BCUT2D eigenvalue weighted by Gasteiger charge is -2.27. The molecule has 0 saturated heterocycles. The molecule has 21 heavy (non-hydrogen) atoms. The number of allylic oxidation sites excluding steroid dienone is 2. The maximum atomic E-state index is 11.9. The second kappa shape index (κ2) is 8.70. The molecule has 3 N–H and O–H groups in total. The minimum absolute atomic E-state index is 0.102. The molecule has 1 aliphatic carbocycles. The van der Waals surface area contributed by atoms with E-state index in [4.69, 9.17) is 5.11 Å². The summed E-state index contributed by atoms with van der Waals surface area (Å²) in [5.74, 6) is -0.958. The summed E-state index contributed by atoms with van der Waals surface area (Å²) in [6.07, 6.45) is 6.85. The molecule has 0 heterocycles. The third-order valence-electron chi connectivity index (χ3n) is 3.94. The fraction of sp³-hybridized carbons (Fsp3) is 0.750. The molecule has 1 atom stereocenters. The Bertz CT molecular complexity index is 381. The van der Waals surface area contributed by atoms with Gasteiger partial charge in [-0.25, -0.2) is 4.79 Å². The van der Waals surface area contributed by atoms with Gasteiger partial charge in [-0.05, 0) is 59.3 Å². The highest BCUT2D eigenvalue weighted by atomic mass is 16.4. The van der Waals surface area contributed by atoms with Crippen molar-refractivity contribution in [3.8, 4) is 0 Å². The van der Waals surface area contributed by atoms with Crippen molar-refractivity contribution in [1.29, 1.82) is 0 Å². The van der Waals surface area contributed by atoms with Crippen LogP contribution in [0, 0.1) is 5.92 Å². The maximum absolute atomic E-state index is 11.9. The van der Waals surface area contributed by atoms with Crippen LogP contribution in [0.5, 0.6) is 0 Å². The number of rotatable bonds is 6. The molecule has 1 rings (SSSR count). The molecule has 120 valence electrons. The van der Waals surface area contributed by atoms with Crippen LogP contribution in [0.3, 0.4) is 0 Å². The van der Waals surface area contributed by atoms with Crippen molar-refractivity contribution >= 4 is 12.0 Å². The van der Waals surface area contributed by atoms with Crippen LogP contribution in [0.15, 0.2) is 11.6 Å². The minimum Gasteiger partial charge on any atom is -0.481 e. The molecule has 1 fully saturated rings. The molecular formula is C16H28N2O3. The second-order valence-electron chi connectivity index (χ2n) is 6.26. The normalized spacial score (nSPS) is 23.0. The first-order valence-electron chi connectivity index (χ1n) is 7.81. The molecule has 1 aliphatic rings. The number of carboxylic acids is 1. The van der Waals surface area contributed by atoms with E-state index in [9.17, 15) is 9.59 Å². The SMILES string of the molecule is CC(C)=CCCC(C)NC(=O)NC1CCC(C(=O)O)CC1.